The van der Waals surface area contributed by atoms with E-state index in [1.807, 2.05) is 24.3 Å². The highest BCUT2D eigenvalue weighted by Gasteiger charge is 2.24. The predicted octanol–water partition coefficient (Wildman–Crippen LogP) is 4.51. The minimum Gasteiger partial charge on any atom is -0.508 e. The third-order valence-corrected chi connectivity index (χ3v) is 4.03. The van der Waals surface area contributed by atoms with Crippen molar-refractivity contribution in [2.24, 2.45) is 0 Å². The molecule has 0 aromatic heterocycles. The fourth-order valence-electron chi connectivity index (χ4n) is 2.91. The molecule has 18 heavy (non-hydrogen) atoms. The number of phenolic OH excluding ortho intramolecular Hbond substituents is 1. The fraction of sp³-hybridized carbons (Fsp3) is 0.250. The summed E-state index contributed by atoms with van der Waals surface area (Å²) in [6.45, 7) is 0. The largest absolute Gasteiger partial charge is 0.508 e. The molecular weight excluding hydrogens is 244 g/mol. The molecule has 2 heteroatoms. The van der Waals surface area contributed by atoms with E-state index < -0.39 is 0 Å². The number of halogens is 1. The van der Waals surface area contributed by atoms with Gasteiger partial charge in [-0.05, 0) is 54.2 Å². The van der Waals surface area contributed by atoms with Crippen LogP contribution in [-0.4, -0.2) is 5.11 Å². The molecule has 2 aromatic rings. The van der Waals surface area contributed by atoms with Crippen molar-refractivity contribution in [3.8, 4) is 5.75 Å². The molecule has 0 saturated carbocycles. The van der Waals surface area contributed by atoms with Gasteiger partial charge in [-0.1, -0.05) is 35.9 Å². The summed E-state index contributed by atoms with van der Waals surface area (Å²) in [7, 11) is 0. The monoisotopic (exact) mass is 258 g/mol. The summed E-state index contributed by atoms with van der Waals surface area (Å²) < 4.78 is 0. The molecule has 92 valence electrons. The van der Waals surface area contributed by atoms with Gasteiger partial charge in [-0.3, -0.25) is 0 Å². The first-order chi connectivity index (χ1) is 8.75. The van der Waals surface area contributed by atoms with Crippen LogP contribution in [0.4, 0.5) is 0 Å². The van der Waals surface area contributed by atoms with Gasteiger partial charge in [-0.2, -0.15) is 0 Å². The Bertz CT molecular complexity index is 577. The third kappa shape index (κ3) is 1.99. The maximum atomic E-state index is 9.63. The topological polar surface area (TPSA) is 20.2 Å². The van der Waals surface area contributed by atoms with Crippen LogP contribution in [0.3, 0.4) is 0 Å². The second-order valence-electron chi connectivity index (χ2n) is 4.85. The molecule has 0 bridgehead atoms. The van der Waals surface area contributed by atoms with Crippen LogP contribution in [-0.2, 0) is 6.42 Å². The van der Waals surface area contributed by atoms with E-state index in [1.165, 1.54) is 17.5 Å². The summed E-state index contributed by atoms with van der Waals surface area (Å²) in [6.07, 6.45) is 3.37. The SMILES string of the molecule is Oc1cccc(C2CCCc3cccc(Cl)c32)c1. The smallest absolute Gasteiger partial charge is 0.115 e. The second kappa shape index (κ2) is 4.66. The van der Waals surface area contributed by atoms with Gasteiger partial charge in [-0.15, -0.1) is 0 Å². The minimum absolute atomic E-state index is 0.314. The first-order valence-electron chi connectivity index (χ1n) is 6.32. The molecule has 1 N–H and O–H groups in total. The highest BCUT2D eigenvalue weighted by atomic mass is 35.5. The quantitative estimate of drug-likeness (QED) is 0.798. The van der Waals surface area contributed by atoms with Crippen LogP contribution in [0.1, 0.15) is 35.4 Å². The lowest BCUT2D eigenvalue weighted by atomic mass is 9.79. The Kier molecular flexibility index (Phi) is 3.00. The maximum Gasteiger partial charge on any atom is 0.115 e. The number of aromatic hydroxyl groups is 1. The van der Waals surface area contributed by atoms with Gasteiger partial charge in [0.1, 0.15) is 5.75 Å². The molecule has 0 heterocycles. The predicted molar refractivity (Wildman–Crippen MR) is 74.3 cm³/mol. The summed E-state index contributed by atoms with van der Waals surface area (Å²) in [5.74, 6) is 0.640. The van der Waals surface area contributed by atoms with Crippen LogP contribution in [0.5, 0.6) is 5.75 Å². The van der Waals surface area contributed by atoms with Crippen LogP contribution >= 0.6 is 11.6 Å². The lowest BCUT2D eigenvalue weighted by Crippen LogP contribution is -2.11. The van der Waals surface area contributed by atoms with E-state index in [2.05, 4.69) is 12.1 Å². The van der Waals surface area contributed by atoms with Crippen molar-refractivity contribution in [1.29, 1.82) is 0 Å². The molecule has 0 spiro atoms. The van der Waals surface area contributed by atoms with Gasteiger partial charge in [0.15, 0.2) is 0 Å². The number of phenols is 1. The molecular formula is C16H15ClO. The number of rotatable bonds is 1. The molecule has 1 aliphatic carbocycles. The van der Waals surface area contributed by atoms with Crippen molar-refractivity contribution < 1.29 is 5.11 Å². The fourth-order valence-corrected chi connectivity index (χ4v) is 3.23. The van der Waals surface area contributed by atoms with E-state index in [-0.39, 0.29) is 0 Å². The van der Waals surface area contributed by atoms with E-state index in [4.69, 9.17) is 11.6 Å². The van der Waals surface area contributed by atoms with E-state index in [1.54, 1.807) is 6.07 Å². The Morgan fingerprint density at radius 1 is 1.11 bits per heavy atom. The van der Waals surface area contributed by atoms with Crippen LogP contribution < -0.4 is 0 Å². The van der Waals surface area contributed by atoms with Crippen LogP contribution in [0.25, 0.3) is 0 Å². The van der Waals surface area contributed by atoms with Gasteiger partial charge in [0.2, 0.25) is 0 Å². The zero-order chi connectivity index (χ0) is 12.5. The molecule has 1 atom stereocenters. The Labute approximate surface area is 112 Å². The van der Waals surface area contributed by atoms with E-state index in [0.29, 0.717) is 11.7 Å². The first-order valence-corrected chi connectivity index (χ1v) is 6.70. The number of benzene rings is 2. The number of hydrogen-bond donors (Lipinski definition) is 1. The molecule has 0 aliphatic heterocycles. The highest BCUT2D eigenvalue weighted by molar-refractivity contribution is 6.31. The summed E-state index contributed by atoms with van der Waals surface area (Å²) in [5.41, 5.74) is 3.75. The molecule has 1 unspecified atom stereocenters. The summed E-state index contributed by atoms with van der Waals surface area (Å²) >= 11 is 6.36. The molecule has 1 aliphatic rings. The van der Waals surface area contributed by atoms with Crippen LogP contribution in [0.15, 0.2) is 42.5 Å². The van der Waals surface area contributed by atoms with Gasteiger partial charge in [0, 0.05) is 10.9 Å². The zero-order valence-corrected chi connectivity index (χ0v) is 10.8. The van der Waals surface area contributed by atoms with Gasteiger partial charge >= 0.3 is 0 Å². The summed E-state index contributed by atoms with van der Waals surface area (Å²) in [5, 5.41) is 10.5. The summed E-state index contributed by atoms with van der Waals surface area (Å²) in [6, 6.07) is 13.7. The maximum absolute atomic E-state index is 9.63. The Hall–Kier alpha value is -1.47. The van der Waals surface area contributed by atoms with Crippen molar-refractivity contribution in [1.82, 2.24) is 0 Å². The lowest BCUT2D eigenvalue weighted by molar-refractivity contribution is 0.473. The molecule has 0 amide bonds. The Morgan fingerprint density at radius 3 is 2.78 bits per heavy atom. The van der Waals surface area contributed by atoms with Crippen LogP contribution in [0, 0.1) is 0 Å². The number of hydrogen-bond acceptors (Lipinski definition) is 1. The molecule has 0 radical (unpaired) electrons. The molecule has 3 rings (SSSR count). The Balaban J connectivity index is 2.11. The highest BCUT2D eigenvalue weighted by Crippen LogP contribution is 2.40. The average molecular weight is 259 g/mol. The van der Waals surface area contributed by atoms with Crippen LogP contribution in [0.2, 0.25) is 5.02 Å². The van der Waals surface area contributed by atoms with Gasteiger partial charge in [0.05, 0.1) is 0 Å². The lowest BCUT2D eigenvalue weighted by Gasteiger charge is -2.27. The second-order valence-corrected chi connectivity index (χ2v) is 5.26. The standard InChI is InChI=1S/C16H15ClO/c17-15-9-3-5-11-4-2-8-14(16(11)15)12-6-1-7-13(18)10-12/h1,3,5-7,9-10,14,18H,2,4,8H2. The van der Waals surface area contributed by atoms with Crippen molar-refractivity contribution >= 4 is 11.6 Å². The van der Waals surface area contributed by atoms with Crippen molar-refractivity contribution in [3.63, 3.8) is 0 Å². The van der Waals surface area contributed by atoms with Gasteiger partial charge < -0.3 is 5.11 Å². The Morgan fingerprint density at radius 2 is 1.94 bits per heavy atom. The minimum atomic E-state index is 0.314. The number of aryl methyl sites for hydroxylation is 1. The van der Waals surface area contributed by atoms with E-state index in [9.17, 15) is 5.11 Å². The average Bonchev–Trinajstić information content (AvgIpc) is 2.38. The summed E-state index contributed by atoms with van der Waals surface area (Å²) in [4.78, 5) is 0. The first kappa shape index (κ1) is 11.6. The van der Waals surface area contributed by atoms with E-state index in [0.717, 1.165) is 23.4 Å². The van der Waals surface area contributed by atoms with E-state index >= 15 is 0 Å². The molecule has 0 fully saturated rings. The molecule has 2 aromatic carbocycles. The number of fused-ring (bicyclic) bond motifs is 1. The zero-order valence-electron chi connectivity index (χ0n) is 10.1. The van der Waals surface area contributed by atoms with Gasteiger partial charge in [0.25, 0.3) is 0 Å². The normalized spacial score (nSPS) is 18.4. The van der Waals surface area contributed by atoms with Crippen molar-refractivity contribution in [2.45, 2.75) is 25.2 Å². The molecule has 1 nitrogen and oxygen atoms in total. The van der Waals surface area contributed by atoms with Gasteiger partial charge in [-0.25, -0.2) is 0 Å². The third-order valence-electron chi connectivity index (χ3n) is 3.70. The van der Waals surface area contributed by atoms with Crippen molar-refractivity contribution in [2.75, 3.05) is 0 Å². The van der Waals surface area contributed by atoms with Crippen molar-refractivity contribution in [3.05, 3.63) is 64.2 Å². The molecule has 0 saturated heterocycles.